The van der Waals surface area contributed by atoms with Gasteiger partial charge in [-0.3, -0.25) is 14.9 Å². The summed E-state index contributed by atoms with van der Waals surface area (Å²) in [5.74, 6) is 1.37. The minimum Gasteiger partial charge on any atom is -0.340 e. The predicted molar refractivity (Wildman–Crippen MR) is 126 cm³/mol. The van der Waals surface area contributed by atoms with Crippen LogP contribution in [0.1, 0.15) is 30.3 Å². The van der Waals surface area contributed by atoms with E-state index in [1.165, 1.54) is 12.1 Å². The van der Waals surface area contributed by atoms with Crippen molar-refractivity contribution in [3.63, 3.8) is 0 Å². The maximum atomic E-state index is 13.7. The molecule has 0 saturated carbocycles. The van der Waals surface area contributed by atoms with Crippen LogP contribution in [0.5, 0.6) is 0 Å². The van der Waals surface area contributed by atoms with Crippen LogP contribution >= 0.6 is 0 Å². The number of anilines is 2. The third-order valence-corrected chi connectivity index (χ3v) is 5.80. The van der Waals surface area contributed by atoms with Gasteiger partial charge in [-0.25, -0.2) is 14.4 Å². The minimum absolute atomic E-state index is 0.206. The van der Waals surface area contributed by atoms with Crippen molar-refractivity contribution in [3.8, 4) is 11.3 Å². The summed E-state index contributed by atoms with van der Waals surface area (Å²) >= 11 is 0. The first-order valence-electron chi connectivity index (χ1n) is 11.2. The molecule has 6 nitrogen and oxygen atoms in total. The summed E-state index contributed by atoms with van der Waals surface area (Å²) in [7, 11) is 0. The molecular weight excluding hydrogens is 415 g/mol. The van der Waals surface area contributed by atoms with E-state index in [1.54, 1.807) is 18.5 Å². The largest absolute Gasteiger partial charge is 0.340 e. The molecule has 1 fully saturated rings. The maximum Gasteiger partial charge on any atom is 0.135 e. The van der Waals surface area contributed by atoms with Gasteiger partial charge in [0.2, 0.25) is 0 Å². The van der Waals surface area contributed by atoms with Gasteiger partial charge in [0.25, 0.3) is 0 Å². The van der Waals surface area contributed by atoms with Crippen LogP contribution in [0, 0.1) is 5.82 Å². The molecule has 4 aromatic rings. The molecule has 1 aliphatic rings. The van der Waals surface area contributed by atoms with Crippen LogP contribution < -0.4 is 5.32 Å². The van der Waals surface area contributed by atoms with Crippen molar-refractivity contribution in [1.29, 1.82) is 0 Å². The zero-order chi connectivity index (χ0) is 22.5. The number of aromatic nitrogens is 4. The van der Waals surface area contributed by atoms with E-state index in [2.05, 4.69) is 26.3 Å². The highest BCUT2D eigenvalue weighted by Gasteiger charge is 2.25. The Morgan fingerprint density at radius 3 is 2.70 bits per heavy atom. The van der Waals surface area contributed by atoms with Crippen molar-refractivity contribution < 1.29 is 4.39 Å². The molecule has 0 amide bonds. The molecule has 0 radical (unpaired) electrons. The number of pyridine rings is 2. The van der Waals surface area contributed by atoms with E-state index in [9.17, 15) is 4.39 Å². The van der Waals surface area contributed by atoms with Crippen LogP contribution in [0.3, 0.4) is 0 Å². The molecule has 33 heavy (non-hydrogen) atoms. The Labute approximate surface area is 192 Å². The van der Waals surface area contributed by atoms with Gasteiger partial charge in [0.15, 0.2) is 0 Å². The highest BCUT2D eigenvalue weighted by molar-refractivity contribution is 5.65. The summed E-state index contributed by atoms with van der Waals surface area (Å²) in [6.07, 6.45) is 7.45. The van der Waals surface area contributed by atoms with Crippen molar-refractivity contribution >= 4 is 11.5 Å². The van der Waals surface area contributed by atoms with E-state index >= 15 is 0 Å². The number of rotatable bonds is 6. The van der Waals surface area contributed by atoms with Gasteiger partial charge in [-0.1, -0.05) is 12.1 Å². The topological polar surface area (TPSA) is 66.8 Å². The van der Waals surface area contributed by atoms with Gasteiger partial charge in [0.1, 0.15) is 17.5 Å². The molecule has 0 spiro atoms. The van der Waals surface area contributed by atoms with Crippen LogP contribution in [-0.2, 0) is 6.54 Å². The molecule has 7 heteroatoms. The van der Waals surface area contributed by atoms with Gasteiger partial charge in [0, 0.05) is 54.9 Å². The molecule has 1 saturated heterocycles. The van der Waals surface area contributed by atoms with E-state index < -0.39 is 0 Å². The first-order valence-corrected chi connectivity index (χ1v) is 11.2. The Morgan fingerprint density at radius 2 is 1.88 bits per heavy atom. The number of hydrogen-bond donors (Lipinski definition) is 1. The highest BCUT2D eigenvalue weighted by atomic mass is 19.1. The minimum atomic E-state index is -0.291. The molecule has 1 aromatic carbocycles. The zero-order valence-electron chi connectivity index (χ0n) is 18.2. The molecule has 3 aromatic heterocycles. The van der Waals surface area contributed by atoms with Crippen molar-refractivity contribution in [2.75, 3.05) is 18.4 Å². The number of nitrogens with zero attached hydrogens (tertiary/aromatic N) is 5. The molecular formula is C26H25FN6. The first-order chi connectivity index (χ1) is 16.2. The third kappa shape index (κ3) is 5.38. The smallest absolute Gasteiger partial charge is 0.135 e. The van der Waals surface area contributed by atoms with E-state index in [0.29, 0.717) is 11.5 Å². The van der Waals surface area contributed by atoms with Crippen LogP contribution in [0.2, 0.25) is 0 Å². The molecule has 0 bridgehead atoms. The molecule has 1 atom stereocenters. The summed E-state index contributed by atoms with van der Waals surface area (Å²) < 4.78 is 13.7. The average molecular weight is 441 g/mol. The lowest BCUT2D eigenvalue weighted by atomic mass is 9.96. The van der Waals surface area contributed by atoms with Crippen LogP contribution in [0.4, 0.5) is 15.9 Å². The second-order valence-corrected chi connectivity index (χ2v) is 8.26. The van der Waals surface area contributed by atoms with Gasteiger partial charge in [-0.15, -0.1) is 0 Å². The molecule has 4 heterocycles. The average Bonchev–Trinajstić information content (AvgIpc) is 2.85. The standard InChI is InChI=1S/C26H25FN6/c27-21-6-3-8-22(15-21)30-25-16-24(19-9-12-28-13-10-19)31-26(32-25)20-5-4-14-33(17-20)18-23-7-1-2-11-29-23/h1-3,6-13,15-16,20H,4-5,14,17-18H2,(H,30,31,32)/t20-/m1/s1. The number of benzene rings is 1. The number of hydrogen-bond acceptors (Lipinski definition) is 6. The SMILES string of the molecule is Fc1cccc(Nc2cc(-c3ccncc3)nc([C@@H]3CCCN(Cc4ccccn4)C3)n2)c1. The fraction of sp³-hybridized carbons (Fsp3) is 0.231. The molecule has 5 rings (SSSR count). The van der Waals surface area contributed by atoms with Crippen LogP contribution in [0.25, 0.3) is 11.3 Å². The van der Waals surface area contributed by atoms with Gasteiger partial charge in [-0.2, -0.15) is 0 Å². The highest BCUT2D eigenvalue weighted by Crippen LogP contribution is 2.29. The third-order valence-electron chi connectivity index (χ3n) is 5.80. The second kappa shape index (κ2) is 9.83. The number of piperidine rings is 1. The predicted octanol–water partition coefficient (Wildman–Crippen LogP) is 5.20. The number of likely N-dealkylation sites (tertiary alicyclic amines) is 1. The monoisotopic (exact) mass is 440 g/mol. The quantitative estimate of drug-likeness (QED) is 0.445. The van der Waals surface area contributed by atoms with Crippen molar-refractivity contribution in [2.24, 2.45) is 0 Å². The molecule has 0 aliphatic carbocycles. The lowest BCUT2D eigenvalue weighted by molar-refractivity contribution is 0.194. The number of halogens is 1. The van der Waals surface area contributed by atoms with Crippen LogP contribution in [-0.4, -0.2) is 37.9 Å². The summed E-state index contributed by atoms with van der Waals surface area (Å²) in [4.78, 5) is 20.8. The Kier molecular flexibility index (Phi) is 6.30. The van der Waals surface area contributed by atoms with E-state index in [1.807, 2.05) is 42.6 Å². The van der Waals surface area contributed by atoms with Crippen molar-refractivity contribution in [3.05, 3.63) is 96.6 Å². The Balaban J connectivity index is 1.44. The first kappa shape index (κ1) is 21.2. The normalized spacial score (nSPS) is 16.5. The Morgan fingerprint density at radius 1 is 0.970 bits per heavy atom. The van der Waals surface area contributed by atoms with Crippen molar-refractivity contribution in [2.45, 2.75) is 25.3 Å². The van der Waals surface area contributed by atoms with E-state index in [4.69, 9.17) is 9.97 Å². The Hall–Kier alpha value is -3.71. The van der Waals surface area contributed by atoms with Gasteiger partial charge >= 0.3 is 0 Å². The lowest BCUT2D eigenvalue weighted by Gasteiger charge is -2.32. The van der Waals surface area contributed by atoms with Gasteiger partial charge in [0.05, 0.1) is 11.4 Å². The molecule has 1 aliphatic heterocycles. The van der Waals surface area contributed by atoms with Crippen molar-refractivity contribution in [1.82, 2.24) is 24.8 Å². The Bertz CT molecular complexity index is 1200. The lowest BCUT2D eigenvalue weighted by Crippen LogP contribution is -2.34. The summed E-state index contributed by atoms with van der Waals surface area (Å²) in [5.41, 5.74) is 3.51. The molecule has 166 valence electrons. The fourth-order valence-corrected chi connectivity index (χ4v) is 4.23. The van der Waals surface area contributed by atoms with E-state index in [0.717, 1.165) is 55.3 Å². The van der Waals surface area contributed by atoms with Gasteiger partial charge < -0.3 is 5.32 Å². The fourth-order valence-electron chi connectivity index (χ4n) is 4.23. The van der Waals surface area contributed by atoms with Crippen LogP contribution in [0.15, 0.2) is 79.3 Å². The summed E-state index contributed by atoms with van der Waals surface area (Å²) in [5, 5.41) is 3.26. The summed E-state index contributed by atoms with van der Waals surface area (Å²) in [6, 6.07) is 18.2. The summed E-state index contributed by atoms with van der Waals surface area (Å²) in [6.45, 7) is 2.72. The zero-order valence-corrected chi connectivity index (χ0v) is 18.2. The van der Waals surface area contributed by atoms with Gasteiger partial charge in [-0.05, 0) is 61.9 Å². The molecule has 0 unspecified atom stereocenters. The maximum absolute atomic E-state index is 13.7. The number of nitrogens with one attached hydrogen (secondary N) is 1. The second-order valence-electron chi connectivity index (χ2n) is 8.26. The molecule has 1 N–H and O–H groups in total. The van der Waals surface area contributed by atoms with E-state index in [-0.39, 0.29) is 11.7 Å².